The molecule has 0 aromatic rings. The van der Waals surface area contributed by atoms with E-state index in [0.29, 0.717) is 11.1 Å². The minimum atomic E-state index is -0.435. The second-order valence-electron chi connectivity index (χ2n) is 2.59. The normalized spacial score (nSPS) is 7.93. The van der Waals surface area contributed by atoms with E-state index in [9.17, 15) is 9.59 Å². The Labute approximate surface area is 83.3 Å². The van der Waals surface area contributed by atoms with Gasteiger partial charge in [-0.05, 0) is 13.8 Å². The van der Waals surface area contributed by atoms with E-state index >= 15 is 0 Å². The quantitative estimate of drug-likeness (QED) is 0.430. The standard InChI is InChI=1S/C5H9NO2.C4H7NO/c1-4(2)5(8)6-3-7;1-3(2)4(5)6/h7H,1,3H2,2H3,(H,6,8);1H2,2H3,(H2,5,6). The lowest BCUT2D eigenvalue weighted by Crippen LogP contribution is -2.24. The molecule has 5 heteroatoms. The Morgan fingerprint density at radius 3 is 1.71 bits per heavy atom. The van der Waals surface area contributed by atoms with Crippen molar-refractivity contribution in [1.82, 2.24) is 5.32 Å². The highest BCUT2D eigenvalue weighted by Gasteiger charge is 1.95. The van der Waals surface area contributed by atoms with E-state index in [1.54, 1.807) is 13.8 Å². The molecule has 0 aliphatic heterocycles. The predicted octanol–water partition coefficient (Wildman–Crippen LogP) is -0.324. The molecular formula is C9H16N2O3. The highest BCUT2D eigenvalue weighted by molar-refractivity contribution is 5.91. The summed E-state index contributed by atoms with van der Waals surface area (Å²) in [6.07, 6.45) is 0. The molecule has 0 unspecified atom stereocenters. The summed E-state index contributed by atoms with van der Waals surface area (Å²) in [5.41, 5.74) is 5.50. The van der Waals surface area contributed by atoms with Crippen molar-refractivity contribution in [2.45, 2.75) is 13.8 Å². The molecule has 0 atom stereocenters. The maximum absolute atomic E-state index is 10.4. The van der Waals surface area contributed by atoms with Gasteiger partial charge < -0.3 is 16.2 Å². The molecule has 0 saturated carbocycles. The molecule has 0 radical (unpaired) electrons. The van der Waals surface area contributed by atoms with Crippen molar-refractivity contribution < 1.29 is 14.7 Å². The molecule has 0 saturated heterocycles. The first-order chi connectivity index (χ1) is 6.32. The van der Waals surface area contributed by atoms with Gasteiger partial charge in [0.05, 0.1) is 0 Å². The Bertz CT molecular complexity index is 234. The summed E-state index contributed by atoms with van der Waals surface area (Å²) in [6.45, 7) is 9.45. The molecular weight excluding hydrogens is 184 g/mol. The van der Waals surface area contributed by atoms with Crippen LogP contribution in [0.4, 0.5) is 0 Å². The van der Waals surface area contributed by atoms with Gasteiger partial charge in [-0.1, -0.05) is 13.2 Å². The number of carbonyl (C=O) groups excluding carboxylic acids is 2. The zero-order valence-corrected chi connectivity index (χ0v) is 8.46. The van der Waals surface area contributed by atoms with Crippen LogP contribution in [-0.4, -0.2) is 23.7 Å². The molecule has 0 heterocycles. The van der Waals surface area contributed by atoms with Crippen LogP contribution in [0.1, 0.15) is 13.8 Å². The number of hydrogen-bond donors (Lipinski definition) is 3. The summed E-state index contributed by atoms with van der Waals surface area (Å²) in [6, 6.07) is 0. The van der Waals surface area contributed by atoms with Crippen molar-refractivity contribution in [2.75, 3.05) is 6.73 Å². The minimum absolute atomic E-state index is 0.312. The van der Waals surface area contributed by atoms with Crippen molar-refractivity contribution in [2.24, 2.45) is 5.73 Å². The SMILES string of the molecule is C=C(C)C(=O)NCO.C=C(C)C(N)=O. The molecule has 4 N–H and O–H groups in total. The van der Waals surface area contributed by atoms with E-state index in [-0.39, 0.29) is 12.6 Å². The Hall–Kier alpha value is -1.62. The van der Waals surface area contributed by atoms with E-state index in [4.69, 9.17) is 10.8 Å². The molecule has 0 spiro atoms. The number of rotatable bonds is 3. The van der Waals surface area contributed by atoms with Crippen LogP contribution in [0, 0.1) is 0 Å². The molecule has 0 fully saturated rings. The fourth-order valence-electron chi connectivity index (χ4n) is 0.223. The minimum Gasteiger partial charge on any atom is -0.376 e. The molecule has 5 nitrogen and oxygen atoms in total. The molecule has 0 aromatic carbocycles. The number of nitrogens with two attached hydrogens (primary N) is 1. The topological polar surface area (TPSA) is 92.4 Å². The van der Waals surface area contributed by atoms with Gasteiger partial charge in [0.1, 0.15) is 6.73 Å². The van der Waals surface area contributed by atoms with Gasteiger partial charge in [0.15, 0.2) is 0 Å². The summed E-state index contributed by atoms with van der Waals surface area (Å²) < 4.78 is 0. The first kappa shape index (κ1) is 14.9. The van der Waals surface area contributed by atoms with E-state index in [1.165, 1.54) is 0 Å². The molecule has 80 valence electrons. The first-order valence-corrected chi connectivity index (χ1v) is 3.82. The number of nitrogens with one attached hydrogen (secondary N) is 1. The van der Waals surface area contributed by atoms with Crippen LogP contribution in [0.2, 0.25) is 0 Å². The van der Waals surface area contributed by atoms with E-state index in [0.717, 1.165) is 0 Å². The number of carbonyl (C=O) groups is 2. The summed E-state index contributed by atoms with van der Waals surface area (Å²) >= 11 is 0. The summed E-state index contributed by atoms with van der Waals surface area (Å²) in [5.74, 6) is -0.748. The van der Waals surface area contributed by atoms with Crippen molar-refractivity contribution in [3.8, 4) is 0 Å². The molecule has 0 aliphatic carbocycles. The van der Waals surface area contributed by atoms with E-state index in [1.807, 2.05) is 0 Å². The van der Waals surface area contributed by atoms with Gasteiger partial charge in [0.25, 0.3) is 0 Å². The Balaban J connectivity index is 0. The van der Waals surface area contributed by atoms with Gasteiger partial charge in [-0.3, -0.25) is 9.59 Å². The summed E-state index contributed by atoms with van der Waals surface area (Å²) in [5, 5.41) is 10.3. The number of primary amides is 1. The highest BCUT2D eigenvalue weighted by atomic mass is 16.3. The van der Waals surface area contributed by atoms with Gasteiger partial charge in [-0.25, -0.2) is 0 Å². The molecule has 14 heavy (non-hydrogen) atoms. The van der Waals surface area contributed by atoms with Crippen molar-refractivity contribution in [1.29, 1.82) is 0 Å². The molecule has 2 amide bonds. The largest absolute Gasteiger partial charge is 0.376 e. The maximum atomic E-state index is 10.4. The van der Waals surface area contributed by atoms with Crippen molar-refractivity contribution in [3.05, 3.63) is 24.3 Å². The van der Waals surface area contributed by atoms with Gasteiger partial charge in [0.2, 0.25) is 11.8 Å². The average molecular weight is 200 g/mol. The monoisotopic (exact) mass is 200 g/mol. The van der Waals surface area contributed by atoms with Gasteiger partial charge in [-0.2, -0.15) is 0 Å². The number of hydrogen-bond acceptors (Lipinski definition) is 3. The lowest BCUT2D eigenvalue weighted by molar-refractivity contribution is -0.118. The Kier molecular flexibility index (Phi) is 8.50. The van der Waals surface area contributed by atoms with Crippen LogP contribution in [0.25, 0.3) is 0 Å². The third kappa shape index (κ3) is 10.4. The lowest BCUT2D eigenvalue weighted by Gasteiger charge is -1.96. The average Bonchev–Trinajstić information content (AvgIpc) is 2.05. The highest BCUT2D eigenvalue weighted by Crippen LogP contribution is 1.82. The summed E-state index contributed by atoms with van der Waals surface area (Å²) in [4.78, 5) is 20.2. The van der Waals surface area contributed by atoms with Crippen LogP contribution >= 0.6 is 0 Å². The van der Waals surface area contributed by atoms with Crippen LogP contribution < -0.4 is 11.1 Å². The predicted molar refractivity (Wildman–Crippen MR) is 54.1 cm³/mol. The van der Waals surface area contributed by atoms with Crippen molar-refractivity contribution in [3.63, 3.8) is 0 Å². The van der Waals surface area contributed by atoms with E-state index in [2.05, 4.69) is 18.5 Å². The third-order valence-electron chi connectivity index (χ3n) is 1.05. The van der Waals surface area contributed by atoms with Crippen LogP contribution in [0.3, 0.4) is 0 Å². The first-order valence-electron chi connectivity index (χ1n) is 3.82. The summed E-state index contributed by atoms with van der Waals surface area (Å²) in [7, 11) is 0. The molecule has 0 rings (SSSR count). The van der Waals surface area contributed by atoms with Gasteiger partial charge >= 0.3 is 0 Å². The van der Waals surface area contributed by atoms with E-state index < -0.39 is 5.91 Å². The van der Waals surface area contributed by atoms with Gasteiger partial charge in [0, 0.05) is 11.1 Å². The number of amides is 2. The lowest BCUT2D eigenvalue weighted by atomic mass is 10.3. The number of aliphatic hydroxyl groups excluding tert-OH is 1. The van der Waals surface area contributed by atoms with Crippen LogP contribution in [0.15, 0.2) is 24.3 Å². The zero-order chi connectivity index (χ0) is 11.7. The molecule has 0 bridgehead atoms. The van der Waals surface area contributed by atoms with Crippen LogP contribution in [0.5, 0.6) is 0 Å². The second kappa shape index (κ2) is 8.00. The van der Waals surface area contributed by atoms with Gasteiger partial charge in [-0.15, -0.1) is 0 Å². The molecule has 0 aromatic heterocycles. The Morgan fingerprint density at radius 1 is 1.29 bits per heavy atom. The maximum Gasteiger partial charge on any atom is 0.248 e. The fourth-order valence-corrected chi connectivity index (χ4v) is 0.223. The fraction of sp³-hybridized carbons (Fsp3) is 0.333. The second-order valence-corrected chi connectivity index (χ2v) is 2.59. The number of aliphatic hydroxyl groups is 1. The molecule has 0 aliphatic rings. The van der Waals surface area contributed by atoms with Crippen LogP contribution in [-0.2, 0) is 9.59 Å². The smallest absolute Gasteiger partial charge is 0.248 e. The third-order valence-corrected chi connectivity index (χ3v) is 1.05. The Morgan fingerprint density at radius 2 is 1.64 bits per heavy atom. The zero-order valence-electron chi connectivity index (χ0n) is 8.46. The van der Waals surface area contributed by atoms with Crippen molar-refractivity contribution >= 4 is 11.8 Å².